The number of nitrogens with one attached hydrogen (secondary N) is 1. The first-order chi connectivity index (χ1) is 10.9. The van der Waals surface area contributed by atoms with Crippen LogP contribution in [0.25, 0.3) is 0 Å². The molecule has 0 aliphatic carbocycles. The summed E-state index contributed by atoms with van der Waals surface area (Å²) in [5.41, 5.74) is 7.42. The molecule has 1 amide bonds. The van der Waals surface area contributed by atoms with Crippen molar-refractivity contribution < 1.29 is 13.9 Å². The van der Waals surface area contributed by atoms with Crippen LogP contribution >= 0.6 is 11.6 Å². The van der Waals surface area contributed by atoms with Gasteiger partial charge in [-0.15, -0.1) is 0 Å². The van der Waals surface area contributed by atoms with E-state index in [1.807, 2.05) is 6.07 Å². The Balaban J connectivity index is 2.36. The lowest BCUT2D eigenvalue weighted by atomic mass is 10.2. The van der Waals surface area contributed by atoms with Crippen molar-refractivity contribution in [3.63, 3.8) is 0 Å². The quantitative estimate of drug-likeness (QED) is 0.811. The first-order valence-corrected chi connectivity index (χ1v) is 7.32. The number of rotatable bonds is 4. The molecule has 0 aliphatic rings. The van der Waals surface area contributed by atoms with Crippen LogP contribution in [0.1, 0.15) is 6.92 Å². The number of nitrogens with zero attached hydrogens (tertiary/aromatic N) is 1. The van der Waals surface area contributed by atoms with Crippen LogP contribution in [0, 0.1) is 5.82 Å². The molecule has 0 saturated carbocycles. The Bertz CT molecular complexity index is 724. The second kappa shape index (κ2) is 7.19. The molecule has 0 fully saturated rings. The molecule has 0 aromatic heterocycles. The van der Waals surface area contributed by atoms with Crippen LogP contribution in [0.5, 0.6) is 0 Å². The maximum absolute atomic E-state index is 14.0. The summed E-state index contributed by atoms with van der Waals surface area (Å²) in [6.07, 6.45) is -0.729. The monoisotopic (exact) mass is 337 g/mol. The Morgan fingerprint density at radius 2 is 2.13 bits per heavy atom. The largest absolute Gasteiger partial charge is 0.450 e. The summed E-state index contributed by atoms with van der Waals surface area (Å²) in [5.74, 6) is -0.640. The van der Waals surface area contributed by atoms with Gasteiger partial charge < -0.3 is 15.4 Å². The molecule has 2 aromatic carbocycles. The summed E-state index contributed by atoms with van der Waals surface area (Å²) < 4.78 is 18.7. The van der Waals surface area contributed by atoms with Crippen LogP contribution in [-0.4, -0.2) is 19.7 Å². The maximum Gasteiger partial charge on any atom is 0.411 e. The van der Waals surface area contributed by atoms with Gasteiger partial charge >= 0.3 is 6.09 Å². The minimum absolute atomic E-state index is 0.0125. The zero-order valence-corrected chi connectivity index (χ0v) is 13.5. The summed E-state index contributed by atoms with van der Waals surface area (Å²) in [4.78, 5) is 13.2. The molecule has 0 radical (unpaired) electrons. The summed E-state index contributed by atoms with van der Waals surface area (Å²) in [7, 11) is 1.77. The highest BCUT2D eigenvalue weighted by molar-refractivity contribution is 6.30. The average Bonchev–Trinajstić information content (AvgIpc) is 2.49. The standard InChI is InChI=1S/C16H17ClFN3O2/c1-3-23-16(22)20-14-9-15(13(19)8-12(14)18)21(2)11-6-4-5-10(17)7-11/h4-9H,3,19H2,1-2H3,(H,20,22). The van der Waals surface area contributed by atoms with Crippen LogP contribution in [0.2, 0.25) is 5.02 Å². The van der Waals surface area contributed by atoms with Crippen molar-refractivity contribution in [2.75, 3.05) is 29.6 Å². The minimum atomic E-state index is -0.729. The molecular formula is C16H17ClFN3O2. The third kappa shape index (κ3) is 4.04. The molecule has 122 valence electrons. The molecule has 0 heterocycles. The molecule has 0 spiro atoms. The van der Waals surface area contributed by atoms with E-state index >= 15 is 0 Å². The third-order valence-electron chi connectivity index (χ3n) is 3.19. The van der Waals surface area contributed by atoms with Crippen LogP contribution in [-0.2, 0) is 4.74 Å². The van der Waals surface area contributed by atoms with Gasteiger partial charge in [-0.05, 0) is 31.2 Å². The summed E-state index contributed by atoms with van der Waals surface area (Å²) in [6, 6.07) is 9.74. The van der Waals surface area contributed by atoms with Crippen LogP contribution in [0.4, 0.5) is 31.9 Å². The lowest BCUT2D eigenvalue weighted by Crippen LogP contribution is -2.16. The Hall–Kier alpha value is -2.47. The van der Waals surface area contributed by atoms with Crippen LogP contribution in [0.15, 0.2) is 36.4 Å². The van der Waals surface area contributed by atoms with Gasteiger partial charge in [0.15, 0.2) is 0 Å². The predicted octanol–water partition coefficient (Wildman–Crippen LogP) is 4.40. The highest BCUT2D eigenvalue weighted by atomic mass is 35.5. The van der Waals surface area contributed by atoms with Crippen molar-refractivity contribution in [3.05, 3.63) is 47.2 Å². The number of nitrogens with two attached hydrogens (primary N) is 1. The van der Waals surface area contributed by atoms with E-state index in [9.17, 15) is 9.18 Å². The molecule has 0 aliphatic heterocycles. The summed E-state index contributed by atoms with van der Waals surface area (Å²) >= 11 is 5.98. The Labute approximate surface area is 138 Å². The number of halogens is 2. The van der Waals surface area contributed by atoms with E-state index < -0.39 is 11.9 Å². The van der Waals surface area contributed by atoms with Crippen molar-refractivity contribution in [2.24, 2.45) is 0 Å². The fourth-order valence-corrected chi connectivity index (χ4v) is 2.25. The highest BCUT2D eigenvalue weighted by Crippen LogP contribution is 2.34. The van der Waals surface area contributed by atoms with Gasteiger partial charge in [-0.2, -0.15) is 0 Å². The van der Waals surface area contributed by atoms with Crippen molar-refractivity contribution in [1.29, 1.82) is 0 Å². The van der Waals surface area contributed by atoms with E-state index in [0.717, 1.165) is 11.8 Å². The third-order valence-corrected chi connectivity index (χ3v) is 3.42. The Morgan fingerprint density at radius 3 is 2.78 bits per heavy atom. The zero-order valence-electron chi connectivity index (χ0n) is 12.8. The Morgan fingerprint density at radius 1 is 1.39 bits per heavy atom. The number of anilines is 4. The van der Waals surface area contributed by atoms with Crippen molar-refractivity contribution >= 4 is 40.4 Å². The number of ether oxygens (including phenoxy) is 1. The lowest BCUT2D eigenvalue weighted by Gasteiger charge is -2.22. The maximum atomic E-state index is 14.0. The van der Waals surface area contributed by atoms with Crippen LogP contribution < -0.4 is 16.0 Å². The van der Waals surface area contributed by atoms with Gasteiger partial charge in [-0.25, -0.2) is 9.18 Å². The number of carbonyl (C=O) groups is 1. The zero-order chi connectivity index (χ0) is 17.0. The molecule has 0 atom stereocenters. The first kappa shape index (κ1) is 16.9. The molecule has 0 saturated heterocycles. The topological polar surface area (TPSA) is 67.6 Å². The predicted molar refractivity (Wildman–Crippen MR) is 91.0 cm³/mol. The van der Waals surface area contributed by atoms with E-state index in [2.05, 4.69) is 5.32 Å². The number of carbonyl (C=O) groups excluding carboxylic acids is 1. The molecular weight excluding hydrogens is 321 g/mol. The second-order valence-corrected chi connectivity index (χ2v) is 5.21. The molecule has 0 unspecified atom stereocenters. The Kier molecular flexibility index (Phi) is 5.28. The van der Waals surface area contributed by atoms with E-state index in [4.69, 9.17) is 22.1 Å². The van der Waals surface area contributed by atoms with E-state index in [0.29, 0.717) is 10.7 Å². The van der Waals surface area contributed by atoms with Gasteiger partial charge in [0.1, 0.15) is 5.82 Å². The normalized spacial score (nSPS) is 10.3. The van der Waals surface area contributed by atoms with Crippen molar-refractivity contribution in [2.45, 2.75) is 6.92 Å². The summed E-state index contributed by atoms with van der Waals surface area (Å²) in [6.45, 7) is 1.86. The number of amides is 1. The summed E-state index contributed by atoms with van der Waals surface area (Å²) in [5, 5.41) is 2.92. The molecule has 5 nitrogen and oxygen atoms in total. The molecule has 0 bridgehead atoms. The lowest BCUT2D eigenvalue weighted by molar-refractivity contribution is 0.168. The highest BCUT2D eigenvalue weighted by Gasteiger charge is 2.15. The first-order valence-electron chi connectivity index (χ1n) is 6.94. The molecule has 7 heteroatoms. The fourth-order valence-electron chi connectivity index (χ4n) is 2.06. The van der Waals surface area contributed by atoms with E-state index in [-0.39, 0.29) is 18.0 Å². The smallest absolute Gasteiger partial charge is 0.411 e. The van der Waals surface area contributed by atoms with Gasteiger partial charge in [-0.3, -0.25) is 5.32 Å². The van der Waals surface area contributed by atoms with E-state index in [1.165, 1.54) is 6.07 Å². The van der Waals surface area contributed by atoms with Crippen molar-refractivity contribution in [3.8, 4) is 0 Å². The van der Waals surface area contributed by atoms with Gasteiger partial charge in [-0.1, -0.05) is 17.7 Å². The SMILES string of the molecule is CCOC(=O)Nc1cc(N(C)c2cccc(Cl)c2)c(N)cc1F. The molecule has 3 N–H and O–H groups in total. The van der Waals surface area contributed by atoms with Crippen molar-refractivity contribution in [1.82, 2.24) is 0 Å². The van der Waals surface area contributed by atoms with Crippen LogP contribution in [0.3, 0.4) is 0 Å². The minimum Gasteiger partial charge on any atom is -0.450 e. The van der Waals surface area contributed by atoms with Gasteiger partial charge in [0.2, 0.25) is 0 Å². The van der Waals surface area contributed by atoms with Gasteiger partial charge in [0.05, 0.1) is 23.7 Å². The number of hydrogen-bond acceptors (Lipinski definition) is 4. The van der Waals surface area contributed by atoms with E-state index in [1.54, 1.807) is 37.1 Å². The van der Waals surface area contributed by atoms with Gasteiger partial charge in [0.25, 0.3) is 0 Å². The molecule has 23 heavy (non-hydrogen) atoms. The number of nitrogen functional groups attached to an aromatic ring is 1. The molecule has 2 rings (SSSR count). The second-order valence-electron chi connectivity index (χ2n) is 4.78. The fraction of sp³-hybridized carbons (Fsp3) is 0.188. The van der Waals surface area contributed by atoms with Gasteiger partial charge in [0, 0.05) is 23.8 Å². The number of benzene rings is 2. The number of hydrogen-bond donors (Lipinski definition) is 2. The average molecular weight is 338 g/mol. The molecule has 2 aromatic rings.